The second-order valence-corrected chi connectivity index (χ2v) is 6.56. The van der Waals surface area contributed by atoms with Crippen molar-refractivity contribution in [2.24, 2.45) is 0 Å². The molecule has 0 atom stereocenters. The van der Waals surface area contributed by atoms with Gasteiger partial charge in [0, 0.05) is 29.0 Å². The second kappa shape index (κ2) is 7.31. The summed E-state index contributed by atoms with van der Waals surface area (Å²) in [6, 6.07) is 11.7. The number of carbonyl (C=O) groups is 2. The number of H-pyrrole nitrogens is 1. The molecule has 0 radical (unpaired) electrons. The lowest BCUT2D eigenvalue weighted by Gasteiger charge is -2.16. The second-order valence-electron chi connectivity index (χ2n) is 5.53. The third-order valence-electron chi connectivity index (χ3n) is 3.77. The number of likely N-dealkylation sites (N-methyl/N-ethyl adjacent to an activating group) is 1. The topological polar surface area (TPSA) is 62.4 Å². The molecule has 1 N–H and O–H groups in total. The molecular formula is C18H18N2O3S. The Bertz CT molecular complexity index is 839. The van der Waals surface area contributed by atoms with Crippen LogP contribution in [0.5, 0.6) is 0 Å². The van der Waals surface area contributed by atoms with E-state index in [2.05, 4.69) is 4.98 Å². The Kier molecular flexibility index (Phi) is 4.96. The molecular weight excluding hydrogens is 324 g/mol. The molecule has 0 bridgehead atoms. The van der Waals surface area contributed by atoms with Crippen molar-refractivity contribution < 1.29 is 14.3 Å². The summed E-state index contributed by atoms with van der Waals surface area (Å²) >= 11 is 1.59. The normalized spacial score (nSPS) is 10.7. The predicted molar refractivity (Wildman–Crippen MR) is 93.8 cm³/mol. The molecule has 0 saturated heterocycles. The highest BCUT2D eigenvalue weighted by Crippen LogP contribution is 2.18. The van der Waals surface area contributed by atoms with Gasteiger partial charge in [-0.25, -0.2) is 0 Å². The number of nitrogens with zero attached hydrogens (tertiary/aromatic N) is 1. The number of benzene rings is 1. The first-order valence-electron chi connectivity index (χ1n) is 7.60. The van der Waals surface area contributed by atoms with E-state index < -0.39 is 5.97 Å². The number of hydrogen-bond donors (Lipinski definition) is 1. The number of amides is 1. The van der Waals surface area contributed by atoms with E-state index in [1.165, 1.54) is 0 Å². The van der Waals surface area contributed by atoms with Crippen LogP contribution in [0.1, 0.15) is 10.4 Å². The van der Waals surface area contributed by atoms with E-state index in [9.17, 15) is 9.59 Å². The molecule has 2 aromatic heterocycles. The summed E-state index contributed by atoms with van der Waals surface area (Å²) in [5, 5.41) is 2.96. The van der Waals surface area contributed by atoms with Crippen LogP contribution in [0.4, 0.5) is 0 Å². The Morgan fingerprint density at radius 3 is 2.83 bits per heavy atom. The van der Waals surface area contributed by atoms with Crippen molar-refractivity contribution in [1.29, 1.82) is 0 Å². The third-order valence-corrected chi connectivity index (χ3v) is 4.63. The van der Waals surface area contributed by atoms with Crippen LogP contribution in [0.3, 0.4) is 0 Å². The van der Waals surface area contributed by atoms with Crippen molar-refractivity contribution in [3.63, 3.8) is 0 Å². The molecule has 3 aromatic rings. The standard InChI is InChI=1S/C18H18N2O3S/c1-20(11-14-5-4-8-24-14)17(21)12-23-18(22)9-13-10-19-16-7-3-2-6-15(13)16/h2-8,10,19H,9,11-12H2,1H3. The number of aromatic nitrogens is 1. The largest absolute Gasteiger partial charge is 0.455 e. The third kappa shape index (κ3) is 3.83. The summed E-state index contributed by atoms with van der Waals surface area (Å²) in [5.41, 5.74) is 1.85. The number of thiophene rings is 1. The first-order chi connectivity index (χ1) is 11.6. The fraction of sp³-hybridized carbons (Fsp3) is 0.222. The van der Waals surface area contributed by atoms with Crippen LogP contribution in [-0.4, -0.2) is 35.4 Å². The summed E-state index contributed by atoms with van der Waals surface area (Å²) in [5.74, 6) is -0.617. The van der Waals surface area contributed by atoms with Crippen molar-refractivity contribution in [1.82, 2.24) is 9.88 Å². The first kappa shape index (κ1) is 16.3. The Labute approximate surface area is 143 Å². The number of hydrogen-bond acceptors (Lipinski definition) is 4. The van der Waals surface area contributed by atoms with Crippen molar-refractivity contribution in [3.05, 3.63) is 58.4 Å². The lowest BCUT2D eigenvalue weighted by molar-refractivity contribution is -0.151. The minimum absolute atomic E-state index is 0.145. The molecule has 0 aliphatic carbocycles. The fourth-order valence-corrected chi connectivity index (χ4v) is 3.22. The first-order valence-corrected chi connectivity index (χ1v) is 8.48. The van der Waals surface area contributed by atoms with Crippen LogP contribution in [0, 0.1) is 0 Å². The maximum Gasteiger partial charge on any atom is 0.310 e. The predicted octanol–water partition coefficient (Wildman–Crippen LogP) is 2.97. The zero-order valence-electron chi connectivity index (χ0n) is 13.3. The zero-order valence-corrected chi connectivity index (χ0v) is 14.1. The number of fused-ring (bicyclic) bond motifs is 1. The van der Waals surface area contributed by atoms with Crippen LogP contribution in [0.15, 0.2) is 48.0 Å². The number of para-hydroxylation sites is 1. The van der Waals surface area contributed by atoms with E-state index >= 15 is 0 Å². The number of nitrogens with one attached hydrogen (secondary N) is 1. The highest BCUT2D eigenvalue weighted by atomic mass is 32.1. The average molecular weight is 342 g/mol. The van der Waals surface area contributed by atoms with Crippen molar-refractivity contribution >= 4 is 34.1 Å². The van der Waals surface area contributed by atoms with Crippen molar-refractivity contribution in [2.45, 2.75) is 13.0 Å². The molecule has 3 rings (SSSR count). The van der Waals surface area contributed by atoms with Gasteiger partial charge >= 0.3 is 5.97 Å². The molecule has 2 heterocycles. The van der Waals surface area contributed by atoms with Gasteiger partial charge < -0.3 is 14.6 Å². The van der Waals surface area contributed by atoms with Gasteiger partial charge in [0.1, 0.15) is 0 Å². The lowest BCUT2D eigenvalue weighted by Crippen LogP contribution is -2.30. The number of carbonyl (C=O) groups excluding carboxylic acids is 2. The van der Waals surface area contributed by atoms with E-state index in [0.29, 0.717) is 6.54 Å². The number of aromatic amines is 1. The Morgan fingerprint density at radius 1 is 1.21 bits per heavy atom. The van der Waals surface area contributed by atoms with Gasteiger partial charge in [-0.3, -0.25) is 9.59 Å². The van der Waals surface area contributed by atoms with E-state index in [-0.39, 0.29) is 18.9 Å². The van der Waals surface area contributed by atoms with E-state index in [1.807, 2.05) is 41.8 Å². The molecule has 5 nitrogen and oxygen atoms in total. The van der Waals surface area contributed by atoms with Gasteiger partial charge in [-0.15, -0.1) is 11.3 Å². The average Bonchev–Trinajstić information content (AvgIpc) is 3.23. The van der Waals surface area contributed by atoms with Crippen LogP contribution in [-0.2, 0) is 27.3 Å². The Hall–Kier alpha value is -2.60. The SMILES string of the molecule is CN(Cc1cccs1)C(=O)COC(=O)Cc1c[nH]c2ccccc12. The summed E-state index contributed by atoms with van der Waals surface area (Å²) < 4.78 is 5.13. The van der Waals surface area contributed by atoms with Crippen LogP contribution in [0.25, 0.3) is 10.9 Å². The number of esters is 1. The fourth-order valence-electron chi connectivity index (χ4n) is 2.46. The Morgan fingerprint density at radius 2 is 2.04 bits per heavy atom. The van der Waals surface area contributed by atoms with E-state index in [0.717, 1.165) is 21.3 Å². The summed E-state index contributed by atoms with van der Waals surface area (Å²) in [7, 11) is 1.70. The number of rotatable bonds is 6. The van der Waals surface area contributed by atoms with E-state index in [1.54, 1.807) is 29.5 Å². The van der Waals surface area contributed by atoms with Crippen LogP contribution >= 0.6 is 11.3 Å². The zero-order chi connectivity index (χ0) is 16.9. The highest BCUT2D eigenvalue weighted by Gasteiger charge is 2.14. The summed E-state index contributed by atoms with van der Waals surface area (Å²) in [6.07, 6.45) is 1.95. The van der Waals surface area contributed by atoms with Crippen molar-refractivity contribution in [3.8, 4) is 0 Å². The molecule has 1 aromatic carbocycles. The lowest BCUT2D eigenvalue weighted by atomic mass is 10.1. The van der Waals surface area contributed by atoms with Gasteiger partial charge in [-0.05, 0) is 23.1 Å². The maximum absolute atomic E-state index is 12.0. The van der Waals surface area contributed by atoms with Crippen LogP contribution in [0.2, 0.25) is 0 Å². The molecule has 0 fully saturated rings. The van der Waals surface area contributed by atoms with Crippen molar-refractivity contribution in [2.75, 3.05) is 13.7 Å². The van der Waals surface area contributed by atoms with E-state index in [4.69, 9.17) is 4.74 Å². The summed E-state index contributed by atoms with van der Waals surface area (Å²) in [4.78, 5) is 29.8. The Balaban J connectivity index is 1.51. The minimum atomic E-state index is -0.405. The molecule has 6 heteroatoms. The minimum Gasteiger partial charge on any atom is -0.455 e. The van der Waals surface area contributed by atoms with Gasteiger partial charge in [0.15, 0.2) is 6.61 Å². The molecule has 0 spiro atoms. The van der Waals surface area contributed by atoms with Gasteiger partial charge in [0.05, 0.1) is 13.0 Å². The number of ether oxygens (including phenoxy) is 1. The highest BCUT2D eigenvalue weighted by molar-refractivity contribution is 7.09. The quantitative estimate of drug-likeness (QED) is 0.701. The molecule has 24 heavy (non-hydrogen) atoms. The molecule has 124 valence electrons. The summed E-state index contributed by atoms with van der Waals surface area (Å²) in [6.45, 7) is 0.291. The monoisotopic (exact) mass is 342 g/mol. The smallest absolute Gasteiger partial charge is 0.310 e. The van der Waals surface area contributed by atoms with Gasteiger partial charge in [-0.1, -0.05) is 24.3 Å². The van der Waals surface area contributed by atoms with Gasteiger partial charge in [-0.2, -0.15) is 0 Å². The molecule has 0 saturated carbocycles. The van der Waals surface area contributed by atoms with Gasteiger partial charge in [0.25, 0.3) is 5.91 Å². The molecule has 0 aliphatic heterocycles. The molecule has 1 amide bonds. The van der Waals surface area contributed by atoms with Gasteiger partial charge in [0.2, 0.25) is 0 Å². The van der Waals surface area contributed by atoms with Crippen LogP contribution < -0.4 is 0 Å². The molecule has 0 aliphatic rings. The molecule has 0 unspecified atom stereocenters. The maximum atomic E-state index is 12.0.